The Balaban J connectivity index is 1.92. The van der Waals surface area contributed by atoms with Crippen molar-refractivity contribution in [3.05, 3.63) is 29.8 Å². The number of carbonyl (C=O) groups excluding carboxylic acids is 1. The molecule has 1 saturated carbocycles. The predicted molar refractivity (Wildman–Crippen MR) is 88.7 cm³/mol. The Kier molecular flexibility index (Phi) is 6.25. The number of rotatable bonds is 6. The van der Waals surface area contributed by atoms with Gasteiger partial charge in [-0.2, -0.15) is 0 Å². The molecule has 0 aliphatic heterocycles. The molecule has 4 nitrogen and oxygen atoms in total. The lowest BCUT2D eigenvalue weighted by Crippen LogP contribution is -2.38. The number of nitrogens with two attached hydrogens (primary N) is 1. The van der Waals surface area contributed by atoms with Gasteiger partial charge in [0.25, 0.3) is 0 Å². The molecule has 1 fully saturated rings. The van der Waals surface area contributed by atoms with Crippen molar-refractivity contribution in [1.29, 1.82) is 0 Å². The van der Waals surface area contributed by atoms with Gasteiger partial charge in [-0.15, -0.1) is 0 Å². The average Bonchev–Trinajstić information content (AvgIpc) is 2.55. The molecule has 4 heteroatoms. The van der Waals surface area contributed by atoms with Gasteiger partial charge in [0.2, 0.25) is 5.91 Å². The van der Waals surface area contributed by atoms with Crippen LogP contribution in [0.5, 0.6) is 5.75 Å². The highest BCUT2D eigenvalue weighted by Crippen LogP contribution is 2.26. The zero-order chi connectivity index (χ0) is 15.9. The summed E-state index contributed by atoms with van der Waals surface area (Å²) in [5.74, 6) is 1.28. The third kappa shape index (κ3) is 4.47. The fraction of sp³-hybridized carbons (Fsp3) is 0.611. The van der Waals surface area contributed by atoms with E-state index in [0.717, 1.165) is 30.6 Å². The van der Waals surface area contributed by atoms with Gasteiger partial charge >= 0.3 is 0 Å². The van der Waals surface area contributed by atoms with Crippen LogP contribution in [0, 0.1) is 5.92 Å². The molecule has 3 N–H and O–H groups in total. The summed E-state index contributed by atoms with van der Waals surface area (Å²) in [6, 6.07) is 8.13. The molecule has 1 amide bonds. The number of nitrogens with one attached hydrogen (secondary N) is 1. The van der Waals surface area contributed by atoms with Crippen LogP contribution in [-0.2, 0) is 4.79 Å². The molecule has 0 saturated heterocycles. The summed E-state index contributed by atoms with van der Waals surface area (Å²) in [5.41, 5.74) is 7.26. The Morgan fingerprint density at radius 1 is 1.32 bits per heavy atom. The van der Waals surface area contributed by atoms with Crippen molar-refractivity contribution in [2.24, 2.45) is 11.7 Å². The van der Waals surface area contributed by atoms with Crippen molar-refractivity contribution in [2.75, 3.05) is 7.11 Å². The normalized spacial score (nSPS) is 22.9. The van der Waals surface area contributed by atoms with Crippen LogP contribution in [0.15, 0.2) is 24.3 Å². The molecule has 0 radical (unpaired) electrons. The molecular formula is C18H28N2O2. The van der Waals surface area contributed by atoms with E-state index in [4.69, 9.17) is 10.5 Å². The number of carbonyl (C=O) groups is 1. The van der Waals surface area contributed by atoms with Gasteiger partial charge in [0.15, 0.2) is 0 Å². The summed E-state index contributed by atoms with van der Waals surface area (Å²) in [5, 5.41) is 3.15. The molecule has 0 heterocycles. The van der Waals surface area contributed by atoms with E-state index in [1.165, 1.54) is 12.8 Å². The third-order valence-corrected chi connectivity index (χ3v) is 4.68. The second kappa shape index (κ2) is 8.18. The van der Waals surface area contributed by atoms with Crippen molar-refractivity contribution in [1.82, 2.24) is 5.32 Å². The van der Waals surface area contributed by atoms with E-state index in [2.05, 4.69) is 12.2 Å². The van der Waals surface area contributed by atoms with Crippen LogP contribution in [0.25, 0.3) is 0 Å². The monoisotopic (exact) mass is 304 g/mol. The Labute approximate surface area is 133 Å². The standard InChI is InChI=1S/C18H28N2O2/c1-3-17(13-8-10-15(22-2)11-9-13)20-18(21)12-14-6-4-5-7-16(14)19/h8-11,14,16-17H,3-7,12,19H2,1-2H3,(H,20,21). The van der Waals surface area contributed by atoms with Crippen LogP contribution in [-0.4, -0.2) is 19.1 Å². The number of methoxy groups -OCH3 is 1. The molecule has 1 aliphatic rings. The van der Waals surface area contributed by atoms with E-state index in [-0.39, 0.29) is 18.0 Å². The molecule has 1 aromatic rings. The van der Waals surface area contributed by atoms with Gasteiger partial charge in [-0.25, -0.2) is 0 Å². The van der Waals surface area contributed by atoms with Gasteiger partial charge in [0.05, 0.1) is 13.2 Å². The summed E-state index contributed by atoms with van der Waals surface area (Å²) >= 11 is 0. The summed E-state index contributed by atoms with van der Waals surface area (Å²) < 4.78 is 5.17. The summed E-state index contributed by atoms with van der Waals surface area (Å²) in [4.78, 5) is 12.3. The van der Waals surface area contributed by atoms with E-state index >= 15 is 0 Å². The summed E-state index contributed by atoms with van der Waals surface area (Å²) in [6.45, 7) is 2.08. The Hall–Kier alpha value is -1.55. The molecule has 22 heavy (non-hydrogen) atoms. The van der Waals surface area contributed by atoms with Crippen LogP contribution >= 0.6 is 0 Å². The van der Waals surface area contributed by atoms with Crippen molar-refractivity contribution < 1.29 is 9.53 Å². The molecule has 3 atom stereocenters. The predicted octanol–water partition coefficient (Wildman–Crippen LogP) is 3.17. The Morgan fingerprint density at radius 2 is 2.00 bits per heavy atom. The minimum absolute atomic E-state index is 0.0539. The van der Waals surface area contributed by atoms with E-state index in [0.29, 0.717) is 12.3 Å². The lowest BCUT2D eigenvalue weighted by Gasteiger charge is -2.28. The molecule has 1 aromatic carbocycles. The lowest BCUT2D eigenvalue weighted by molar-refractivity contribution is -0.123. The van der Waals surface area contributed by atoms with Crippen LogP contribution in [0.2, 0.25) is 0 Å². The number of benzene rings is 1. The second-order valence-electron chi connectivity index (χ2n) is 6.21. The molecule has 0 aromatic heterocycles. The number of ether oxygens (including phenoxy) is 1. The zero-order valence-corrected chi connectivity index (χ0v) is 13.7. The van der Waals surface area contributed by atoms with Gasteiger partial charge in [0.1, 0.15) is 5.75 Å². The third-order valence-electron chi connectivity index (χ3n) is 4.68. The highest BCUT2D eigenvalue weighted by molar-refractivity contribution is 5.76. The highest BCUT2D eigenvalue weighted by atomic mass is 16.5. The van der Waals surface area contributed by atoms with Crippen molar-refractivity contribution in [3.8, 4) is 5.75 Å². The van der Waals surface area contributed by atoms with Gasteiger partial charge in [-0.1, -0.05) is 31.9 Å². The van der Waals surface area contributed by atoms with E-state index in [1.807, 2.05) is 24.3 Å². The quantitative estimate of drug-likeness (QED) is 0.848. The van der Waals surface area contributed by atoms with Gasteiger partial charge in [-0.05, 0) is 42.9 Å². The Morgan fingerprint density at radius 3 is 2.59 bits per heavy atom. The molecule has 2 rings (SSSR count). The fourth-order valence-electron chi connectivity index (χ4n) is 3.24. The van der Waals surface area contributed by atoms with Crippen LogP contribution in [0.3, 0.4) is 0 Å². The summed E-state index contributed by atoms with van der Waals surface area (Å²) in [6.07, 6.45) is 5.94. The topological polar surface area (TPSA) is 64.4 Å². The van der Waals surface area contributed by atoms with E-state index in [9.17, 15) is 4.79 Å². The molecule has 0 spiro atoms. The van der Waals surface area contributed by atoms with Crippen LogP contribution in [0.1, 0.15) is 57.1 Å². The molecule has 3 unspecified atom stereocenters. The van der Waals surface area contributed by atoms with Crippen molar-refractivity contribution >= 4 is 5.91 Å². The maximum absolute atomic E-state index is 12.3. The smallest absolute Gasteiger partial charge is 0.220 e. The zero-order valence-electron chi connectivity index (χ0n) is 13.7. The first-order valence-corrected chi connectivity index (χ1v) is 8.33. The molecule has 122 valence electrons. The first-order valence-electron chi connectivity index (χ1n) is 8.33. The minimum atomic E-state index is 0.0539. The molecule has 0 bridgehead atoms. The first-order chi connectivity index (χ1) is 10.6. The highest BCUT2D eigenvalue weighted by Gasteiger charge is 2.25. The van der Waals surface area contributed by atoms with Crippen LogP contribution < -0.4 is 15.8 Å². The molecular weight excluding hydrogens is 276 g/mol. The van der Waals surface area contributed by atoms with Gasteiger partial charge < -0.3 is 15.8 Å². The van der Waals surface area contributed by atoms with Gasteiger partial charge in [-0.3, -0.25) is 4.79 Å². The number of hydrogen-bond acceptors (Lipinski definition) is 3. The largest absolute Gasteiger partial charge is 0.497 e. The van der Waals surface area contributed by atoms with Crippen LogP contribution in [0.4, 0.5) is 0 Å². The van der Waals surface area contributed by atoms with Crippen molar-refractivity contribution in [3.63, 3.8) is 0 Å². The average molecular weight is 304 g/mol. The second-order valence-corrected chi connectivity index (χ2v) is 6.21. The first kappa shape index (κ1) is 16.8. The molecule has 1 aliphatic carbocycles. The maximum Gasteiger partial charge on any atom is 0.220 e. The lowest BCUT2D eigenvalue weighted by atomic mass is 9.83. The van der Waals surface area contributed by atoms with E-state index < -0.39 is 0 Å². The SMILES string of the molecule is CCC(NC(=O)CC1CCCCC1N)c1ccc(OC)cc1. The number of hydrogen-bond donors (Lipinski definition) is 2. The minimum Gasteiger partial charge on any atom is -0.497 e. The van der Waals surface area contributed by atoms with Gasteiger partial charge in [0, 0.05) is 12.5 Å². The maximum atomic E-state index is 12.3. The van der Waals surface area contributed by atoms with Crippen molar-refractivity contribution in [2.45, 2.75) is 57.5 Å². The summed E-state index contributed by atoms with van der Waals surface area (Å²) in [7, 11) is 1.65. The Bertz CT molecular complexity index is 472. The fourth-order valence-corrected chi connectivity index (χ4v) is 3.24. The number of amides is 1. The van der Waals surface area contributed by atoms with E-state index in [1.54, 1.807) is 7.11 Å².